The molecule has 0 fully saturated rings. The van der Waals surface area contributed by atoms with Gasteiger partial charge >= 0.3 is 12.1 Å². The smallest absolute Gasteiger partial charge is 0.326 e. The van der Waals surface area contributed by atoms with Crippen LogP contribution in [0.1, 0.15) is 17.5 Å². The first-order chi connectivity index (χ1) is 18.6. The molecular formula is C31H32N4O3. The maximum absolute atomic E-state index is 13.3. The Bertz CT molecular complexity index is 1310. The van der Waals surface area contributed by atoms with Gasteiger partial charge in [0.25, 0.3) is 0 Å². The van der Waals surface area contributed by atoms with Gasteiger partial charge in [-0.15, -0.1) is 0 Å². The number of hydrogen-bond donors (Lipinski definition) is 3. The molecule has 0 radical (unpaired) electrons. The molecule has 7 heteroatoms. The number of anilines is 2. The van der Waals surface area contributed by atoms with Crippen molar-refractivity contribution in [2.75, 3.05) is 23.3 Å². The van der Waals surface area contributed by atoms with Crippen LogP contribution in [0.5, 0.6) is 11.5 Å². The van der Waals surface area contributed by atoms with Gasteiger partial charge in [-0.2, -0.15) is 0 Å². The Kier molecular flexibility index (Phi) is 9.34. The first kappa shape index (κ1) is 26.3. The molecule has 7 nitrogen and oxygen atoms in total. The molecular weight excluding hydrogens is 476 g/mol. The van der Waals surface area contributed by atoms with Crippen molar-refractivity contribution in [2.45, 2.75) is 19.9 Å². The van der Waals surface area contributed by atoms with Gasteiger partial charge in [0.15, 0.2) is 0 Å². The van der Waals surface area contributed by atoms with E-state index in [1.54, 1.807) is 4.90 Å². The average molecular weight is 509 g/mol. The second-order valence-corrected chi connectivity index (χ2v) is 8.81. The van der Waals surface area contributed by atoms with Crippen molar-refractivity contribution < 1.29 is 14.3 Å². The van der Waals surface area contributed by atoms with Crippen molar-refractivity contribution in [3.8, 4) is 11.5 Å². The number of carbonyl (C=O) groups excluding carboxylic acids is 2. The van der Waals surface area contributed by atoms with E-state index >= 15 is 0 Å². The highest BCUT2D eigenvalue weighted by Crippen LogP contribution is 2.25. The molecule has 0 aromatic heterocycles. The zero-order chi connectivity index (χ0) is 26.6. The lowest BCUT2D eigenvalue weighted by Gasteiger charge is -2.24. The van der Waals surface area contributed by atoms with Crippen LogP contribution in [0.15, 0.2) is 109 Å². The zero-order valence-corrected chi connectivity index (χ0v) is 21.4. The third-order valence-corrected chi connectivity index (χ3v) is 5.78. The Hall–Kier alpha value is -4.78. The Balaban J connectivity index is 1.36. The van der Waals surface area contributed by atoms with Gasteiger partial charge in [0.05, 0.1) is 0 Å². The van der Waals surface area contributed by atoms with E-state index < -0.39 is 0 Å². The third-order valence-electron chi connectivity index (χ3n) is 5.78. The minimum Gasteiger partial charge on any atom is -0.457 e. The average Bonchev–Trinajstić information content (AvgIpc) is 2.94. The van der Waals surface area contributed by atoms with Crippen LogP contribution < -0.4 is 25.6 Å². The third kappa shape index (κ3) is 8.13. The number of nitrogens with zero attached hydrogens (tertiary/aromatic N) is 1. The summed E-state index contributed by atoms with van der Waals surface area (Å²) in [6.45, 7) is 3.27. The minimum atomic E-state index is -0.249. The summed E-state index contributed by atoms with van der Waals surface area (Å²) < 4.78 is 5.89. The number of hydrogen-bond acceptors (Lipinski definition) is 3. The van der Waals surface area contributed by atoms with E-state index in [-0.39, 0.29) is 12.1 Å². The summed E-state index contributed by atoms with van der Waals surface area (Å²) in [5.41, 5.74) is 3.54. The zero-order valence-electron chi connectivity index (χ0n) is 21.4. The first-order valence-electron chi connectivity index (χ1n) is 12.6. The number of nitrogens with one attached hydrogen (secondary N) is 3. The molecule has 0 heterocycles. The molecule has 4 aromatic carbocycles. The molecule has 0 bridgehead atoms. The van der Waals surface area contributed by atoms with Gasteiger partial charge < -0.3 is 20.7 Å². The molecule has 0 atom stereocenters. The van der Waals surface area contributed by atoms with Crippen LogP contribution in [0, 0.1) is 6.92 Å². The highest BCUT2D eigenvalue weighted by atomic mass is 16.5. The predicted molar refractivity (Wildman–Crippen MR) is 152 cm³/mol. The van der Waals surface area contributed by atoms with Gasteiger partial charge in [0, 0.05) is 31.0 Å². The van der Waals surface area contributed by atoms with E-state index in [4.69, 9.17) is 4.74 Å². The van der Waals surface area contributed by atoms with Crippen LogP contribution in [0.2, 0.25) is 0 Å². The van der Waals surface area contributed by atoms with Gasteiger partial charge in [-0.1, -0.05) is 60.7 Å². The summed E-state index contributed by atoms with van der Waals surface area (Å²) in [5.74, 6) is 1.42. The lowest BCUT2D eigenvalue weighted by atomic mass is 10.2. The molecule has 3 N–H and O–H groups in total. The number of para-hydroxylation sites is 1. The molecule has 0 aliphatic rings. The van der Waals surface area contributed by atoms with Crippen molar-refractivity contribution >= 4 is 23.4 Å². The fraction of sp³-hybridized carbons (Fsp3) is 0.161. The maximum atomic E-state index is 13.3. The number of ether oxygens (including phenoxy) is 1. The quantitative estimate of drug-likeness (QED) is 0.208. The SMILES string of the molecule is Cc1cccc(NC(=O)N(CCCNC(=O)NCc2ccccc2)c2ccc(Oc3ccccc3)cc2)c1. The summed E-state index contributed by atoms with van der Waals surface area (Å²) in [6.07, 6.45) is 0.572. The second kappa shape index (κ2) is 13.5. The summed E-state index contributed by atoms with van der Waals surface area (Å²) in [7, 11) is 0. The molecule has 0 saturated carbocycles. The van der Waals surface area contributed by atoms with Gasteiger partial charge in [-0.05, 0) is 73.0 Å². The van der Waals surface area contributed by atoms with Crippen LogP contribution >= 0.6 is 0 Å². The van der Waals surface area contributed by atoms with Crippen LogP contribution in [-0.2, 0) is 6.54 Å². The minimum absolute atomic E-state index is 0.243. The summed E-state index contributed by atoms with van der Waals surface area (Å²) in [6, 6.07) is 33.8. The number of carbonyl (C=O) groups is 2. The molecule has 194 valence electrons. The van der Waals surface area contributed by atoms with Crippen LogP contribution in [0.25, 0.3) is 0 Å². The topological polar surface area (TPSA) is 82.7 Å². The maximum Gasteiger partial charge on any atom is 0.326 e. The number of benzene rings is 4. The van der Waals surface area contributed by atoms with Crippen molar-refractivity contribution in [1.29, 1.82) is 0 Å². The fourth-order valence-corrected chi connectivity index (χ4v) is 3.86. The van der Waals surface area contributed by atoms with Crippen molar-refractivity contribution in [3.05, 3.63) is 120 Å². The Labute approximate surface area is 223 Å². The van der Waals surface area contributed by atoms with E-state index in [1.807, 2.05) is 116 Å². The number of aryl methyl sites for hydroxylation is 1. The molecule has 0 saturated heterocycles. The van der Waals surface area contributed by atoms with Gasteiger partial charge in [0.1, 0.15) is 11.5 Å². The Morgan fingerprint density at radius 1 is 0.763 bits per heavy atom. The summed E-state index contributed by atoms with van der Waals surface area (Å²) in [4.78, 5) is 27.1. The van der Waals surface area contributed by atoms with Crippen molar-refractivity contribution in [2.24, 2.45) is 0 Å². The molecule has 0 unspecified atom stereocenters. The predicted octanol–water partition coefficient (Wildman–Crippen LogP) is 6.72. The highest BCUT2D eigenvalue weighted by molar-refractivity contribution is 6.01. The van der Waals surface area contributed by atoms with Gasteiger partial charge in [-0.3, -0.25) is 4.90 Å². The van der Waals surface area contributed by atoms with E-state index in [2.05, 4.69) is 16.0 Å². The lowest BCUT2D eigenvalue weighted by Crippen LogP contribution is -2.39. The molecule has 4 aromatic rings. The largest absolute Gasteiger partial charge is 0.457 e. The van der Waals surface area contributed by atoms with E-state index in [0.717, 1.165) is 28.3 Å². The lowest BCUT2D eigenvalue weighted by molar-refractivity contribution is 0.240. The number of urea groups is 2. The van der Waals surface area contributed by atoms with Crippen molar-refractivity contribution in [1.82, 2.24) is 10.6 Å². The monoisotopic (exact) mass is 508 g/mol. The van der Waals surface area contributed by atoms with Crippen LogP contribution in [0.3, 0.4) is 0 Å². The van der Waals surface area contributed by atoms with E-state index in [1.165, 1.54) is 0 Å². The number of amides is 4. The molecule has 4 rings (SSSR count). The van der Waals surface area contributed by atoms with E-state index in [0.29, 0.717) is 31.8 Å². The second-order valence-electron chi connectivity index (χ2n) is 8.81. The standard InChI is InChI=1S/C31H32N4O3/c1-24-10-8-13-26(22-24)34-31(37)35(21-9-20-32-30(36)33-23-25-11-4-2-5-12-25)27-16-18-29(19-17-27)38-28-14-6-3-7-15-28/h2-8,10-19,22H,9,20-21,23H2,1H3,(H,34,37)(H2,32,33,36). The summed E-state index contributed by atoms with van der Waals surface area (Å²) >= 11 is 0. The Morgan fingerprint density at radius 3 is 2.16 bits per heavy atom. The number of rotatable bonds is 10. The van der Waals surface area contributed by atoms with E-state index in [9.17, 15) is 9.59 Å². The fourth-order valence-electron chi connectivity index (χ4n) is 3.86. The summed E-state index contributed by atoms with van der Waals surface area (Å²) in [5, 5.41) is 8.69. The molecule has 38 heavy (non-hydrogen) atoms. The molecule has 0 aliphatic heterocycles. The normalized spacial score (nSPS) is 10.3. The van der Waals surface area contributed by atoms with Crippen LogP contribution in [-0.4, -0.2) is 25.2 Å². The molecule has 0 aliphatic carbocycles. The highest BCUT2D eigenvalue weighted by Gasteiger charge is 2.16. The van der Waals surface area contributed by atoms with Crippen molar-refractivity contribution in [3.63, 3.8) is 0 Å². The Morgan fingerprint density at radius 2 is 1.45 bits per heavy atom. The first-order valence-corrected chi connectivity index (χ1v) is 12.6. The van der Waals surface area contributed by atoms with Gasteiger partial charge in [0.2, 0.25) is 0 Å². The van der Waals surface area contributed by atoms with Gasteiger partial charge in [-0.25, -0.2) is 9.59 Å². The van der Waals surface area contributed by atoms with Crippen LogP contribution in [0.4, 0.5) is 21.0 Å². The molecule has 4 amide bonds. The molecule has 0 spiro atoms.